The molecule has 1 N–H and O–H groups in total. The Morgan fingerprint density at radius 3 is 2.59 bits per heavy atom. The van der Waals surface area contributed by atoms with E-state index in [-0.39, 0.29) is 28.7 Å². The fraction of sp³-hybridized carbons (Fsp3) is 0.429. The standard InChI is InChI=1S/C21H27N3O4S/c1-16-5-3-6-18(13-16)15-29(27,28)22-14-17-8-11-24(12-9-17)21(26)19-7-4-10-23(2)20(19)25/h3-7,10,13,17,22H,8-9,11-12,14-15H2,1-2H3. The molecule has 7 nitrogen and oxygen atoms in total. The number of piperidine rings is 1. The van der Waals surface area contributed by atoms with Crippen LogP contribution in [0.1, 0.15) is 34.3 Å². The first kappa shape index (κ1) is 21.3. The van der Waals surface area contributed by atoms with Crippen molar-refractivity contribution in [2.24, 2.45) is 13.0 Å². The van der Waals surface area contributed by atoms with E-state index < -0.39 is 10.0 Å². The molecule has 2 aromatic rings. The van der Waals surface area contributed by atoms with Crippen molar-refractivity contribution in [2.75, 3.05) is 19.6 Å². The van der Waals surface area contributed by atoms with Crippen molar-refractivity contribution in [1.29, 1.82) is 0 Å². The van der Waals surface area contributed by atoms with Gasteiger partial charge in [0.25, 0.3) is 11.5 Å². The van der Waals surface area contributed by atoms with E-state index in [4.69, 9.17) is 0 Å². The number of nitrogens with zero attached hydrogens (tertiary/aromatic N) is 2. The average molecular weight is 418 g/mol. The molecule has 0 saturated carbocycles. The summed E-state index contributed by atoms with van der Waals surface area (Å²) in [4.78, 5) is 26.4. The Morgan fingerprint density at radius 1 is 1.17 bits per heavy atom. The number of rotatable bonds is 6. The van der Waals surface area contributed by atoms with E-state index in [2.05, 4.69) is 4.72 Å². The summed E-state index contributed by atoms with van der Waals surface area (Å²) in [7, 11) is -1.79. The molecule has 1 amide bonds. The predicted octanol–water partition coefficient (Wildman–Crippen LogP) is 1.67. The lowest BCUT2D eigenvalue weighted by Gasteiger charge is -2.32. The second-order valence-electron chi connectivity index (χ2n) is 7.67. The fourth-order valence-electron chi connectivity index (χ4n) is 3.59. The van der Waals surface area contributed by atoms with Gasteiger partial charge >= 0.3 is 0 Å². The van der Waals surface area contributed by atoms with Gasteiger partial charge in [-0.05, 0) is 43.4 Å². The Labute approximate surface area is 171 Å². The van der Waals surface area contributed by atoms with Crippen LogP contribution < -0.4 is 10.3 Å². The molecule has 1 aromatic carbocycles. The molecule has 0 aliphatic carbocycles. The smallest absolute Gasteiger partial charge is 0.263 e. The zero-order chi connectivity index (χ0) is 21.0. The molecule has 156 valence electrons. The SMILES string of the molecule is Cc1cccc(CS(=O)(=O)NCC2CCN(C(=O)c3cccn(C)c3=O)CC2)c1. The molecule has 8 heteroatoms. The van der Waals surface area contributed by atoms with Gasteiger partial charge in [-0.15, -0.1) is 0 Å². The van der Waals surface area contributed by atoms with Crippen LogP contribution in [0, 0.1) is 12.8 Å². The molecule has 2 heterocycles. The number of hydrogen-bond acceptors (Lipinski definition) is 4. The molecule has 1 aliphatic rings. The summed E-state index contributed by atoms with van der Waals surface area (Å²) in [5, 5.41) is 0. The molecule has 1 aliphatic heterocycles. The van der Waals surface area contributed by atoms with Crippen LogP contribution in [0.4, 0.5) is 0 Å². The summed E-state index contributed by atoms with van der Waals surface area (Å²) < 4.78 is 28.8. The van der Waals surface area contributed by atoms with Crippen molar-refractivity contribution in [1.82, 2.24) is 14.2 Å². The normalized spacial score (nSPS) is 15.4. The number of hydrogen-bond donors (Lipinski definition) is 1. The highest BCUT2D eigenvalue weighted by molar-refractivity contribution is 7.88. The van der Waals surface area contributed by atoms with Gasteiger partial charge < -0.3 is 9.47 Å². The third-order valence-corrected chi connectivity index (χ3v) is 6.61. The molecule has 29 heavy (non-hydrogen) atoms. The zero-order valence-electron chi connectivity index (χ0n) is 16.8. The summed E-state index contributed by atoms with van der Waals surface area (Å²) in [5.41, 5.74) is 1.67. The monoisotopic (exact) mass is 417 g/mol. The highest BCUT2D eigenvalue weighted by atomic mass is 32.2. The first-order valence-corrected chi connectivity index (χ1v) is 11.4. The van der Waals surface area contributed by atoms with E-state index in [1.165, 1.54) is 4.57 Å². The number of aryl methyl sites for hydroxylation is 2. The Hall–Kier alpha value is -2.45. The molecule has 0 spiro atoms. The van der Waals surface area contributed by atoms with E-state index in [1.807, 2.05) is 31.2 Å². The predicted molar refractivity (Wildman–Crippen MR) is 112 cm³/mol. The second kappa shape index (κ2) is 8.92. The minimum Gasteiger partial charge on any atom is -0.338 e. The number of nitrogens with one attached hydrogen (secondary N) is 1. The van der Waals surface area contributed by atoms with E-state index in [0.717, 1.165) is 11.1 Å². The molecule has 0 radical (unpaired) electrons. The van der Waals surface area contributed by atoms with E-state index in [0.29, 0.717) is 32.5 Å². The number of carbonyl (C=O) groups excluding carboxylic acids is 1. The van der Waals surface area contributed by atoms with E-state index in [9.17, 15) is 18.0 Å². The van der Waals surface area contributed by atoms with Crippen LogP contribution in [0.25, 0.3) is 0 Å². The van der Waals surface area contributed by atoms with Gasteiger partial charge in [0.15, 0.2) is 0 Å². The zero-order valence-corrected chi connectivity index (χ0v) is 17.6. The van der Waals surface area contributed by atoms with Crippen molar-refractivity contribution < 1.29 is 13.2 Å². The first-order valence-electron chi connectivity index (χ1n) is 9.73. The maximum absolute atomic E-state index is 12.6. The number of carbonyl (C=O) groups is 1. The van der Waals surface area contributed by atoms with Gasteiger partial charge in [0.1, 0.15) is 5.56 Å². The van der Waals surface area contributed by atoms with Crippen molar-refractivity contribution in [3.63, 3.8) is 0 Å². The number of pyridine rings is 1. The highest BCUT2D eigenvalue weighted by Gasteiger charge is 2.26. The molecule has 0 unspecified atom stereocenters. The lowest BCUT2D eigenvalue weighted by atomic mass is 9.97. The quantitative estimate of drug-likeness (QED) is 0.774. The van der Waals surface area contributed by atoms with Gasteiger partial charge in [0.2, 0.25) is 10.0 Å². The van der Waals surface area contributed by atoms with Gasteiger partial charge in [-0.3, -0.25) is 9.59 Å². The number of sulfonamides is 1. The van der Waals surface area contributed by atoms with Gasteiger partial charge in [0, 0.05) is 32.9 Å². The van der Waals surface area contributed by atoms with Crippen LogP contribution in [0.15, 0.2) is 47.4 Å². The largest absolute Gasteiger partial charge is 0.338 e. The number of benzene rings is 1. The molecule has 1 fully saturated rings. The molecular weight excluding hydrogens is 390 g/mol. The second-order valence-corrected chi connectivity index (χ2v) is 9.48. The molecule has 0 bridgehead atoms. The lowest BCUT2D eigenvalue weighted by molar-refractivity contribution is 0.0689. The number of amides is 1. The third kappa shape index (κ3) is 5.55. The van der Waals surface area contributed by atoms with Crippen LogP contribution in [-0.4, -0.2) is 43.4 Å². The van der Waals surface area contributed by atoms with Crippen LogP contribution in [0.2, 0.25) is 0 Å². The Bertz CT molecular complexity index is 1040. The molecule has 1 aromatic heterocycles. The minimum absolute atomic E-state index is 0.0384. The fourth-order valence-corrected chi connectivity index (χ4v) is 4.80. The summed E-state index contributed by atoms with van der Waals surface area (Å²) in [6.07, 6.45) is 3.02. The molecule has 3 rings (SSSR count). The van der Waals surface area contributed by atoms with Crippen LogP contribution in [-0.2, 0) is 22.8 Å². The van der Waals surface area contributed by atoms with E-state index in [1.54, 1.807) is 30.3 Å². The summed E-state index contributed by atoms with van der Waals surface area (Å²) >= 11 is 0. The summed E-state index contributed by atoms with van der Waals surface area (Å²) in [6.45, 7) is 3.33. The number of likely N-dealkylation sites (tertiary alicyclic amines) is 1. The van der Waals surface area contributed by atoms with Crippen molar-refractivity contribution in [3.8, 4) is 0 Å². The van der Waals surface area contributed by atoms with Crippen LogP contribution >= 0.6 is 0 Å². The van der Waals surface area contributed by atoms with Gasteiger partial charge in [-0.1, -0.05) is 29.8 Å². The van der Waals surface area contributed by atoms with Gasteiger partial charge in [0.05, 0.1) is 5.75 Å². The van der Waals surface area contributed by atoms with E-state index >= 15 is 0 Å². The van der Waals surface area contributed by atoms with Crippen molar-refractivity contribution >= 4 is 15.9 Å². The van der Waals surface area contributed by atoms with Crippen molar-refractivity contribution in [3.05, 3.63) is 69.6 Å². The highest BCUT2D eigenvalue weighted by Crippen LogP contribution is 2.18. The van der Waals surface area contributed by atoms with Crippen LogP contribution in [0.5, 0.6) is 0 Å². The third-order valence-electron chi connectivity index (χ3n) is 5.29. The minimum atomic E-state index is -3.41. The first-order chi connectivity index (χ1) is 13.7. The van der Waals surface area contributed by atoms with Crippen LogP contribution in [0.3, 0.4) is 0 Å². The van der Waals surface area contributed by atoms with Crippen molar-refractivity contribution in [2.45, 2.75) is 25.5 Å². The summed E-state index contributed by atoms with van der Waals surface area (Å²) in [5.74, 6) is -0.127. The van der Waals surface area contributed by atoms with Gasteiger partial charge in [-0.2, -0.15) is 0 Å². The van der Waals surface area contributed by atoms with Gasteiger partial charge in [-0.25, -0.2) is 13.1 Å². The number of aromatic nitrogens is 1. The molecule has 1 saturated heterocycles. The lowest BCUT2D eigenvalue weighted by Crippen LogP contribution is -2.43. The summed E-state index contributed by atoms with van der Waals surface area (Å²) in [6, 6.07) is 10.7. The molecule has 0 atom stereocenters. The topological polar surface area (TPSA) is 88.5 Å². The molecular formula is C21H27N3O4S. The Morgan fingerprint density at radius 2 is 1.90 bits per heavy atom. The Balaban J connectivity index is 1.51. The average Bonchev–Trinajstić information content (AvgIpc) is 2.68. The maximum atomic E-state index is 12.6. The maximum Gasteiger partial charge on any atom is 0.263 e. The Kier molecular flexibility index (Phi) is 6.54.